The van der Waals surface area contributed by atoms with Crippen LogP contribution in [0.2, 0.25) is 0 Å². The molecule has 0 aliphatic rings. The van der Waals surface area contributed by atoms with Crippen LogP contribution in [0.25, 0.3) is 6.08 Å². The minimum Gasteiger partial charge on any atom is -0.463 e. The van der Waals surface area contributed by atoms with Crippen molar-refractivity contribution in [3.8, 4) is 0 Å². The van der Waals surface area contributed by atoms with Crippen LogP contribution in [0.15, 0.2) is 47.9 Å². The molecule has 26 heavy (non-hydrogen) atoms. The number of hydrogen-bond donors (Lipinski definition) is 0. The predicted octanol–water partition coefficient (Wildman–Crippen LogP) is 6.21. The lowest BCUT2D eigenvalue weighted by Gasteiger charge is -2.19. The summed E-state index contributed by atoms with van der Waals surface area (Å²) in [6, 6.07) is 9.12. The number of alkyl halides is 5. The zero-order valence-electron chi connectivity index (χ0n) is 13.9. The summed E-state index contributed by atoms with van der Waals surface area (Å²) in [6.45, 7) is 2.87. The topological polar surface area (TPSA) is 26.3 Å². The zero-order chi connectivity index (χ0) is 19.6. The molecule has 1 rings (SSSR count). The summed E-state index contributed by atoms with van der Waals surface area (Å²) in [4.78, 5) is 10.3. The van der Waals surface area contributed by atoms with Crippen LogP contribution in [0.4, 0.5) is 22.0 Å². The molecule has 0 heterocycles. The second-order valence-corrected chi connectivity index (χ2v) is 6.56. The molecule has 8 heteroatoms. The molecule has 0 N–H and O–H groups in total. The number of esters is 1. The Hall–Kier alpha value is -1.83. The molecule has 0 aliphatic heterocycles. The Morgan fingerprint density at radius 2 is 1.73 bits per heavy atom. The Balaban J connectivity index is 2.19. The minimum absolute atomic E-state index is 0.00183. The van der Waals surface area contributed by atoms with E-state index in [1.54, 1.807) is 6.08 Å². The van der Waals surface area contributed by atoms with Gasteiger partial charge in [0.15, 0.2) is 0 Å². The van der Waals surface area contributed by atoms with Crippen LogP contribution in [-0.2, 0) is 9.53 Å². The second kappa shape index (κ2) is 10.4. The van der Waals surface area contributed by atoms with E-state index >= 15 is 0 Å². The summed E-state index contributed by atoms with van der Waals surface area (Å²) in [7, 11) is 0. The van der Waals surface area contributed by atoms with E-state index in [2.05, 4.69) is 6.58 Å². The number of halogens is 5. The maximum atomic E-state index is 13.5. The summed E-state index contributed by atoms with van der Waals surface area (Å²) in [6.07, 6.45) is 2.78. The molecule has 0 atom stereocenters. The second-order valence-electron chi connectivity index (χ2n) is 5.40. The molecule has 0 fully saturated rings. The third kappa shape index (κ3) is 9.60. The first kappa shape index (κ1) is 22.2. The van der Waals surface area contributed by atoms with Crippen LogP contribution >= 0.6 is 11.8 Å². The summed E-state index contributed by atoms with van der Waals surface area (Å²) >= 11 is -0.882. The van der Waals surface area contributed by atoms with Crippen molar-refractivity contribution in [2.75, 3.05) is 6.61 Å². The Labute approximate surface area is 153 Å². The fraction of sp³-hybridized carbons (Fsp3) is 0.389. The molecule has 0 amide bonds. The highest BCUT2D eigenvalue weighted by atomic mass is 32.2. The number of ether oxygens (including phenoxy) is 1. The van der Waals surface area contributed by atoms with Gasteiger partial charge in [-0.2, -0.15) is 13.2 Å². The van der Waals surface area contributed by atoms with Gasteiger partial charge >= 0.3 is 11.5 Å². The molecular weight excluding hydrogens is 375 g/mol. The molecule has 1 aromatic rings. The maximum Gasteiger partial charge on any atom is 0.446 e. The lowest BCUT2D eigenvalue weighted by molar-refractivity contribution is -0.137. The highest BCUT2D eigenvalue weighted by Crippen LogP contribution is 2.44. The van der Waals surface area contributed by atoms with E-state index in [1.807, 2.05) is 30.3 Å². The number of benzene rings is 1. The molecule has 0 aromatic heterocycles. The zero-order valence-corrected chi connectivity index (χ0v) is 14.7. The van der Waals surface area contributed by atoms with Crippen LogP contribution in [0.1, 0.15) is 31.2 Å². The maximum absolute atomic E-state index is 13.5. The molecule has 0 unspecified atom stereocenters. The molecule has 2 nitrogen and oxygen atoms in total. The van der Waals surface area contributed by atoms with Crippen LogP contribution in [0.3, 0.4) is 0 Å². The van der Waals surface area contributed by atoms with Crippen molar-refractivity contribution >= 4 is 23.8 Å². The van der Waals surface area contributed by atoms with E-state index in [1.165, 1.54) is 6.08 Å². The van der Waals surface area contributed by atoms with Gasteiger partial charge in [-0.3, -0.25) is 0 Å². The smallest absolute Gasteiger partial charge is 0.446 e. The SMILES string of the molecule is C=C(SC(F)(F)F)C(F)(F)CCCCCOC(=O)/C=C/c1ccccc1. The number of carbonyl (C=O) groups excluding carboxylic acids is 1. The summed E-state index contributed by atoms with van der Waals surface area (Å²) < 4.78 is 68.2. The molecule has 0 saturated carbocycles. The van der Waals surface area contributed by atoms with Crippen molar-refractivity contribution in [1.82, 2.24) is 0 Å². The number of hydrogen-bond acceptors (Lipinski definition) is 3. The third-order valence-electron chi connectivity index (χ3n) is 3.24. The molecule has 0 aliphatic carbocycles. The number of allylic oxidation sites excluding steroid dienone is 1. The van der Waals surface area contributed by atoms with Gasteiger partial charge in [0, 0.05) is 12.5 Å². The van der Waals surface area contributed by atoms with Gasteiger partial charge in [0.2, 0.25) is 0 Å². The highest BCUT2D eigenvalue weighted by Gasteiger charge is 2.40. The van der Waals surface area contributed by atoms with Gasteiger partial charge in [0.1, 0.15) is 0 Å². The fourth-order valence-corrected chi connectivity index (χ4v) is 2.46. The molecule has 0 saturated heterocycles. The van der Waals surface area contributed by atoms with Gasteiger partial charge in [0.25, 0.3) is 5.92 Å². The van der Waals surface area contributed by atoms with Crippen molar-refractivity contribution < 1.29 is 31.5 Å². The van der Waals surface area contributed by atoms with Crippen LogP contribution in [0.5, 0.6) is 0 Å². The van der Waals surface area contributed by atoms with E-state index in [0.29, 0.717) is 12.8 Å². The molecular formula is C18H19F5O2S. The molecule has 0 bridgehead atoms. The fourth-order valence-electron chi connectivity index (χ4n) is 1.93. The van der Waals surface area contributed by atoms with E-state index in [0.717, 1.165) is 5.56 Å². The monoisotopic (exact) mass is 394 g/mol. The normalized spacial score (nSPS) is 12.3. The van der Waals surface area contributed by atoms with Gasteiger partial charge in [-0.25, -0.2) is 13.6 Å². The highest BCUT2D eigenvalue weighted by molar-refractivity contribution is 8.03. The van der Waals surface area contributed by atoms with Gasteiger partial charge in [-0.05, 0) is 42.7 Å². The van der Waals surface area contributed by atoms with Gasteiger partial charge in [-0.1, -0.05) is 36.9 Å². The van der Waals surface area contributed by atoms with Crippen molar-refractivity contribution in [3.05, 3.63) is 53.5 Å². The van der Waals surface area contributed by atoms with Crippen molar-refractivity contribution in [1.29, 1.82) is 0 Å². The summed E-state index contributed by atoms with van der Waals surface area (Å²) in [5.74, 6) is -4.14. The first-order chi connectivity index (χ1) is 12.1. The molecule has 1 aromatic carbocycles. The summed E-state index contributed by atoms with van der Waals surface area (Å²) in [5.41, 5.74) is -3.94. The molecule has 0 spiro atoms. The molecule has 0 radical (unpaired) electrons. The number of rotatable bonds is 10. The van der Waals surface area contributed by atoms with Gasteiger partial charge in [-0.15, -0.1) is 0 Å². The van der Waals surface area contributed by atoms with Crippen LogP contribution in [0, 0.1) is 0 Å². The van der Waals surface area contributed by atoms with Crippen molar-refractivity contribution in [2.24, 2.45) is 0 Å². The Bertz CT molecular complexity index is 612. The quantitative estimate of drug-likeness (QED) is 0.204. The Kier molecular flexibility index (Phi) is 8.84. The number of thioether (sulfide) groups is 1. The molecule has 144 valence electrons. The first-order valence-electron chi connectivity index (χ1n) is 7.83. The predicted molar refractivity (Wildman–Crippen MR) is 92.6 cm³/mol. The largest absolute Gasteiger partial charge is 0.463 e. The van der Waals surface area contributed by atoms with E-state index in [9.17, 15) is 26.7 Å². The Morgan fingerprint density at radius 3 is 2.35 bits per heavy atom. The standard InChI is InChI=1S/C18H19F5O2S/c1-14(26-18(21,22)23)17(19,20)12-6-3-7-13-25-16(24)11-10-15-8-4-2-5-9-15/h2,4-5,8-11H,1,3,6-7,12-13H2/b11-10+. The van der Waals surface area contributed by atoms with Crippen molar-refractivity contribution in [2.45, 2.75) is 37.1 Å². The van der Waals surface area contributed by atoms with E-state index < -0.39 is 40.5 Å². The lowest BCUT2D eigenvalue weighted by atomic mass is 10.1. The lowest BCUT2D eigenvalue weighted by Crippen LogP contribution is -2.19. The third-order valence-corrected chi connectivity index (χ3v) is 4.01. The first-order valence-corrected chi connectivity index (χ1v) is 8.65. The Morgan fingerprint density at radius 1 is 1.08 bits per heavy atom. The van der Waals surface area contributed by atoms with Crippen LogP contribution < -0.4 is 0 Å². The number of unbranched alkanes of at least 4 members (excludes halogenated alkanes) is 2. The van der Waals surface area contributed by atoms with E-state index in [4.69, 9.17) is 4.74 Å². The van der Waals surface area contributed by atoms with Crippen molar-refractivity contribution in [3.63, 3.8) is 0 Å². The minimum atomic E-state index is -4.78. The summed E-state index contributed by atoms with van der Waals surface area (Å²) in [5, 5.41) is 0. The average molecular weight is 394 g/mol. The van der Waals surface area contributed by atoms with Gasteiger partial charge < -0.3 is 4.74 Å². The van der Waals surface area contributed by atoms with Gasteiger partial charge in [0.05, 0.1) is 11.5 Å². The average Bonchev–Trinajstić information content (AvgIpc) is 2.55. The van der Waals surface area contributed by atoms with E-state index in [-0.39, 0.29) is 13.0 Å². The van der Waals surface area contributed by atoms with Crippen LogP contribution in [-0.4, -0.2) is 24.0 Å². The number of carbonyl (C=O) groups is 1.